The van der Waals surface area contributed by atoms with Gasteiger partial charge in [-0.05, 0) is 18.6 Å². The van der Waals surface area contributed by atoms with Gasteiger partial charge in [-0.2, -0.15) is 0 Å². The van der Waals surface area contributed by atoms with Crippen molar-refractivity contribution < 1.29 is 0 Å². The number of aryl methyl sites for hydroxylation is 1. The SMILES string of the molecule is CCCn1nnc2cccc(Cl)c21. The molecule has 13 heavy (non-hydrogen) atoms. The number of nitrogens with zero attached hydrogens (tertiary/aromatic N) is 3. The Balaban J connectivity index is 2.64. The van der Waals surface area contributed by atoms with Crippen molar-refractivity contribution >= 4 is 22.6 Å². The minimum absolute atomic E-state index is 0.718. The highest BCUT2D eigenvalue weighted by molar-refractivity contribution is 6.34. The summed E-state index contributed by atoms with van der Waals surface area (Å²) in [5.74, 6) is 0. The van der Waals surface area contributed by atoms with E-state index in [1.165, 1.54) is 0 Å². The van der Waals surface area contributed by atoms with Crippen LogP contribution in [0.25, 0.3) is 11.0 Å². The lowest BCUT2D eigenvalue weighted by atomic mass is 10.3. The van der Waals surface area contributed by atoms with E-state index in [9.17, 15) is 0 Å². The first-order valence-electron chi connectivity index (χ1n) is 4.30. The second kappa shape index (κ2) is 3.34. The summed E-state index contributed by atoms with van der Waals surface area (Å²) in [5, 5.41) is 8.77. The zero-order valence-electron chi connectivity index (χ0n) is 7.37. The maximum Gasteiger partial charge on any atom is 0.114 e. The molecular weight excluding hydrogens is 186 g/mol. The Morgan fingerprint density at radius 2 is 2.31 bits per heavy atom. The highest BCUT2D eigenvalue weighted by Crippen LogP contribution is 2.21. The molecule has 0 atom stereocenters. The molecule has 0 saturated carbocycles. The number of para-hydroxylation sites is 1. The minimum atomic E-state index is 0.718. The molecule has 0 fully saturated rings. The number of hydrogen-bond acceptors (Lipinski definition) is 2. The zero-order chi connectivity index (χ0) is 9.26. The summed E-state index contributed by atoms with van der Waals surface area (Å²) in [6.07, 6.45) is 1.03. The summed E-state index contributed by atoms with van der Waals surface area (Å²) in [6.45, 7) is 2.96. The van der Waals surface area contributed by atoms with Gasteiger partial charge in [0.25, 0.3) is 0 Å². The first-order valence-corrected chi connectivity index (χ1v) is 4.68. The summed E-state index contributed by atoms with van der Waals surface area (Å²) in [5.41, 5.74) is 1.80. The quantitative estimate of drug-likeness (QED) is 0.737. The molecule has 3 nitrogen and oxygen atoms in total. The average molecular weight is 196 g/mol. The van der Waals surface area contributed by atoms with E-state index in [-0.39, 0.29) is 0 Å². The first kappa shape index (κ1) is 8.51. The van der Waals surface area contributed by atoms with Gasteiger partial charge in [-0.3, -0.25) is 0 Å². The van der Waals surface area contributed by atoms with Gasteiger partial charge in [0.15, 0.2) is 0 Å². The second-order valence-electron chi connectivity index (χ2n) is 2.92. The molecule has 68 valence electrons. The number of hydrogen-bond donors (Lipinski definition) is 0. The number of fused-ring (bicyclic) bond motifs is 1. The molecular formula is C9H10ClN3. The lowest BCUT2D eigenvalue weighted by Crippen LogP contribution is -1.98. The maximum absolute atomic E-state index is 6.04. The van der Waals surface area contributed by atoms with E-state index in [1.54, 1.807) is 0 Å². The lowest BCUT2D eigenvalue weighted by molar-refractivity contribution is 0.596. The van der Waals surface area contributed by atoms with Gasteiger partial charge < -0.3 is 0 Å². The van der Waals surface area contributed by atoms with Crippen molar-refractivity contribution in [2.45, 2.75) is 19.9 Å². The summed E-state index contributed by atoms with van der Waals surface area (Å²) < 4.78 is 1.84. The Morgan fingerprint density at radius 1 is 1.46 bits per heavy atom. The summed E-state index contributed by atoms with van der Waals surface area (Å²) in [6, 6.07) is 5.66. The van der Waals surface area contributed by atoms with Crippen LogP contribution in [0, 0.1) is 0 Å². The van der Waals surface area contributed by atoms with Gasteiger partial charge in [0, 0.05) is 6.54 Å². The largest absolute Gasteiger partial charge is 0.243 e. The molecule has 1 aromatic heterocycles. The van der Waals surface area contributed by atoms with Gasteiger partial charge in [-0.15, -0.1) is 5.10 Å². The Morgan fingerprint density at radius 3 is 3.08 bits per heavy atom. The highest BCUT2D eigenvalue weighted by atomic mass is 35.5. The average Bonchev–Trinajstić information content (AvgIpc) is 2.51. The molecule has 0 bridgehead atoms. The van der Waals surface area contributed by atoms with Crippen molar-refractivity contribution in [1.82, 2.24) is 15.0 Å². The monoisotopic (exact) mass is 195 g/mol. The fraction of sp³-hybridized carbons (Fsp3) is 0.333. The van der Waals surface area contributed by atoms with E-state index in [4.69, 9.17) is 11.6 Å². The van der Waals surface area contributed by atoms with E-state index in [0.717, 1.165) is 29.0 Å². The minimum Gasteiger partial charge on any atom is -0.243 e. The van der Waals surface area contributed by atoms with Crippen LogP contribution in [-0.4, -0.2) is 15.0 Å². The van der Waals surface area contributed by atoms with Gasteiger partial charge in [-0.25, -0.2) is 4.68 Å². The van der Waals surface area contributed by atoms with E-state index < -0.39 is 0 Å². The van der Waals surface area contributed by atoms with E-state index in [1.807, 2.05) is 22.9 Å². The molecule has 0 aliphatic rings. The van der Waals surface area contributed by atoms with Crippen molar-refractivity contribution in [1.29, 1.82) is 0 Å². The zero-order valence-corrected chi connectivity index (χ0v) is 8.12. The van der Waals surface area contributed by atoms with E-state index in [0.29, 0.717) is 0 Å². The normalized spacial score (nSPS) is 10.9. The van der Waals surface area contributed by atoms with Crippen LogP contribution in [0.3, 0.4) is 0 Å². The number of rotatable bonds is 2. The van der Waals surface area contributed by atoms with Crippen LogP contribution < -0.4 is 0 Å². The third kappa shape index (κ3) is 1.40. The van der Waals surface area contributed by atoms with Gasteiger partial charge in [0.05, 0.1) is 5.02 Å². The molecule has 0 unspecified atom stereocenters. The topological polar surface area (TPSA) is 30.7 Å². The van der Waals surface area contributed by atoms with Crippen molar-refractivity contribution in [3.63, 3.8) is 0 Å². The Kier molecular flexibility index (Phi) is 2.19. The summed E-state index contributed by atoms with van der Waals surface area (Å²) >= 11 is 6.04. The molecule has 0 amide bonds. The molecule has 1 aromatic carbocycles. The molecule has 0 spiro atoms. The molecule has 4 heteroatoms. The van der Waals surface area contributed by atoms with E-state index >= 15 is 0 Å². The first-order chi connectivity index (χ1) is 6.33. The van der Waals surface area contributed by atoms with Crippen LogP contribution in [0.1, 0.15) is 13.3 Å². The summed E-state index contributed by atoms with van der Waals surface area (Å²) in [7, 11) is 0. The molecule has 0 aliphatic heterocycles. The van der Waals surface area contributed by atoms with Crippen LogP contribution in [0.15, 0.2) is 18.2 Å². The third-order valence-electron chi connectivity index (χ3n) is 1.92. The van der Waals surface area contributed by atoms with Gasteiger partial charge in [0.2, 0.25) is 0 Å². The standard InChI is InChI=1S/C9H10ClN3/c1-2-6-13-9-7(10)4-3-5-8(9)11-12-13/h3-5H,2,6H2,1H3. The fourth-order valence-electron chi connectivity index (χ4n) is 1.36. The van der Waals surface area contributed by atoms with Crippen LogP contribution in [0.2, 0.25) is 5.02 Å². The summed E-state index contributed by atoms with van der Waals surface area (Å²) in [4.78, 5) is 0. The molecule has 1 heterocycles. The predicted molar refractivity (Wildman–Crippen MR) is 52.8 cm³/mol. The fourth-order valence-corrected chi connectivity index (χ4v) is 1.62. The number of aromatic nitrogens is 3. The Hall–Kier alpha value is -1.09. The van der Waals surface area contributed by atoms with Crippen LogP contribution in [0.5, 0.6) is 0 Å². The maximum atomic E-state index is 6.04. The van der Waals surface area contributed by atoms with Crippen LogP contribution in [0.4, 0.5) is 0 Å². The Labute approximate surface area is 81.3 Å². The lowest BCUT2D eigenvalue weighted by Gasteiger charge is -1.99. The molecule has 2 rings (SSSR count). The van der Waals surface area contributed by atoms with Crippen molar-refractivity contribution in [3.8, 4) is 0 Å². The molecule has 0 aliphatic carbocycles. The predicted octanol–water partition coefficient (Wildman–Crippen LogP) is 2.49. The number of benzene rings is 1. The highest BCUT2D eigenvalue weighted by Gasteiger charge is 2.06. The van der Waals surface area contributed by atoms with Crippen molar-refractivity contribution in [2.24, 2.45) is 0 Å². The van der Waals surface area contributed by atoms with Gasteiger partial charge in [0.1, 0.15) is 11.0 Å². The molecule has 0 N–H and O–H groups in total. The molecule has 0 saturated heterocycles. The van der Waals surface area contributed by atoms with Gasteiger partial charge >= 0.3 is 0 Å². The van der Waals surface area contributed by atoms with Crippen molar-refractivity contribution in [3.05, 3.63) is 23.2 Å². The second-order valence-corrected chi connectivity index (χ2v) is 3.33. The van der Waals surface area contributed by atoms with Crippen molar-refractivity contribution in [2.75, 3.05) is 0 Å². The smallest absolute Gasteiger partial charge is 0.114 e. The molecule has 2 aromatic rings. The van der Waals surface area contributed by atoms with Crippen LogP contribution in [-0.2, 0) is 6.54 Å². The van der Waals surface area contributed by atoms with E-state index in [2.05, 4.69) is 17.2 Å². The number of halogens is 1. The van der Waals surface area contributed by atoms with Gasteiger partial charge in [-0.1, -0.05) is 29.8 Å². The third-order valence-corrected chi connectivity index (χ3v) is 2.22. The Bertz CT molecular complexity index is 422. The van der Waals surface area contributed by atoms with Crippen LogP contribution >= 0.6 is 11.6 Å². The molecule has 0 radical (unpaired) electrons.